The molecule has 228 valence electrons. The molecule has 1 aromatic heterocycles. The van der Waals surface area contributed by atoms with E-state index in [0.29, 0.717) is 30.0 Å². The minimum Gasteiger partial charge on any atom is -0.495 e. The van der Waals surface area contributed by atoms with Crippen LogP contribution in [0, 0.1) is 11.2 Å². The molecule has 3 N–H and O–H groups in total. The van der Waals surface area contributed by atoms with E-state index in [-0.39, 0.29) is 27.1 Å². The zero-order chi connectivity index (χ0) is 31.3. The van der Waals surface area contributed by atoms with E-state index in [1.807, 2.05) is 26.8 Å². The Morgan fingerprint density at radius 1 is 1.19 bits per heavy atom. The van der Waals surface area contributed by atoms with Gasteiger partial charge in [0.15, 0.2) is 0 Å². The highest BCUT2D eigenvalue weighted by atomic mass is 35.5. The van der Waals surface area contributed by atoms with E-state index in [4.69, 9.17) is 32.7 Å². The molecule has 9 nitrogen and oxygen atoms in total. The minimum atomic E-state index is -1.55. The van der Waals surface area contributed by atoms with Crippen molar-refractivity contribution in [2.24, 2.45) is 5.41 Å². The normalized spacial score (nSPS) is 24.6. The number of rotatable bonds is 7. The Balaban J connectivity index is 1.74. The maximum Gasteiger partial charge on any atom is 0.245 e. The molecule has 3 aromatic rings. The number of methoxy groups -OCH3 is 2. The van der Waals surface area contributed by atoms with Crippen LogP contribution in [0.5, 0.6) is 5.75 Å². The summed E-state index contributed by atoms with van der Waals surface area (Å²) in [5.41, 5.74) is -1.57. The molecule has 3 heterocycles. The smallest absolute Gasteiger partial charge is 0.245 e. The standard InChI is InChI=1S/C31H34Cl2FN5O4/c1-29(2,3)13-22-31(18-14-35-28(33)38-25(18)37-27(31)41)24(17-8-7-9-19(32)23(17)34)30(4,39-22)26(40)36-20-11-10-16(15-42-5)12-21(20)43-6/h7-12,14,22,24,39H,13,15H2,1-6H3,(H,36,40)(H,35,37,38,41). The van der Waals surface area contributed by atoms with E-state index in [2.05, 4.69) is 25.9 Å². The van der Waals surface area contributed by atoms with Crippen molar-refractivity contribution in [3.8, 4) is 5.75 Å². The predicted molar refractivity (Wildman–Crippen MR) is 163 cm³/mol. The van der Waals surface area contributed by atoms with Crippen molar-refractivity contribution in [1.29, 1.82) is 0 Å². The quantitative estimate of drug-likeness (QED) is 0.281. The van der Waals surface area contributed by atoms with Crippen LogP contribution in [0.2, 0.25) is 10.3 Å². The molecule has 0 saturated carbocycles. The van der Waals surface area contributed by atoms with Crippen molar-refractivity contribution in [3.05, 3.63) is 75.4 Å². The third-order valence-electron chi connectivity index (χ3n) is 8.27. The number of benzene rings is 2. The number of fused-ring (bicyclic) bond motifs is 2. The number of anilines is 2. The third-order valence-corrected chi connectivity index (χ3v) is 8.75. The highest BCUT2D eigenvalue weighted by molar-refractivity contribution is 6.30. The lowest BCUT2D eigenvalue weighted by molar-refractivity contribution is -0.123. The van der Waals surface area contributed by atoms with Crippen molar-refractivity contribution in [1.82, 2.24) is 15.3 Å². The molecular weight excluding hydrogens is 596 g/mol. The van der Waals surface area contributed by atoms with E-state index in [9.17, 15) is 9.59 Å². The summed E-state index contributed by atoms with van der Waals surface area (Å²) in [6.07, 6.45) is 1.93. The van der Waals surface area contributed by atoms with Crippen LogP contribution in [0.25, 0.3) is 0 Å². The zero-order valence-corrected chi connectivity index (χ0v) is 26.3. The fourth-order valence-electron chi connectivity index (χ4n) is 6.61. The highest BCUT2D eigenvalue weighted by Crippen LogP contribution is 2.59. The molecule has 5 rings (SSSR count). The molecule has 1 fully saturated rings. The summed E-state index contributed by atoms with van der Waals surface area (Å²) in [7, 11) is 3.09. The fourth-order valence-corrected chi connectivity index (χ4v) is 6.92. The first-order chi connectivity index (χ1) is 20.3. The number of carbonyl (C=O) groups is 2. The molecule has 2 aromatic carbocycles. The number of nitrogens with zero attached hydrogens (tertiary/aromatic N) is 2. The van der Waals surface area contributed by atoms with Gasteiger partial charge in [-0.2, -0.15) is 0 Å². The van der Waals surface area contributed by atoms with Crippen LogP contribution in [-0.4, -0.2) is 47.6 Å². The number of halogens is 3. The SMILES string of the molecule is COCc1ccc(NC(=O)C2(C)NC(CC(C)(C)C)C3(C(=O)Nc4nc(Cl)ncc43)C2c2cccc(Cl)c2F)c(OC)c1. The number of ether oxygens (including phenoxy) is 2. The molecule has 12 heteroatoms. The van der Waals surface area contributed by atoms with Crippen molar-refractivity contribution in [3.63, 3.8) is 0 Å². The van der Waals surface area contributed by atoms with Gasteiger partial charge in [0.25, 0.3) is 0 Å². The lowest BCUT2D eigenvalue weighted by atomic mass is 9.60. The summed E-state index contributed by atoms with van der Waals surface area (Å²) in [4.78, 5) is 37.3. The van der Waals surface area contributed by atoms with E-state index >= 15 is 4.39 Å². The number of nitrogens with one attached hydrogen (secondary N) is 3. The van der Waals surface area contributed by atoms with Gasteiger partial charge in [-0.15, -0.1) is 0 Å². The molecule has 0 radical (unpaired) electrons. The molecule has 1 saturated heterocycles. The van der Waals surface area contributed by atoms with Crippen LogP contribution in [0.15, 0.2) is 42.6 Å². The molecule has 4 atom stereocenters. The third kappa shape index (κ3) is 5.24. The number of hydrogen-bond acceptors (Lipinski definition) is 7. The fraction of sp³-hybridized carbons (Fsp3) is 0.419. The monoisotopic (exact) mass is 629 g/mol. The average Bonchev–Trinajstić information content (AvgIpc) is 3.36. The Kier molecular flexibility index (Phi) is 8.19. The summed E-state index contributed by atoms with van der Waals surface area (Å²) < 4.78 is 26.9. The van der Waals surface area contributed by atoms with Gasteiger partial charge in [-0.1, -0.05) is 50.6 Å². The van der Waals surface area contributed by atoms with E-state index in [1.54, 1.807) is 38.3 Å². The molecular formula is C31H34Cl2FN5O4. The maximum absolute atomic E-state index is 16.1. The number of carbonyl (C=O) groups excluding carboxylic acids is 2. The van der Waals surface area contributed by atoms with E-state index in [1.165, 1.54) is 19.4 Å². The molecule has 0 bridgehead atoms. The van der Waals surface area contributed by atoms with E-state index < -0.39 is 40.5 Å². The first-order valence-electron chi connectivity index (χ1n) is 13.8. The van der Waals surface area contributed by atoms with Crippen molar-refractivity contribution in [2.75, 3.05) is 24.9 Å². The Bertz CT molecular complexity index is 1600. The van der Waals surface area contributed by atoms with Gasteiger partial charge in [-0.3, -0.25) is 14.9 Å². The van der Waals surface area contributed by atoms with Gasteiger partial charge in [0.2, 0.25) is 17.1 Å². The average molecular weight is 631 g/mol. The number of hydrogen-bond donors (Lipinski definition) is 3. The largest absolute Gasteiger partial charge is 0.495 e. The van der Waals surface area contributed by atoms with Crippen LogP contribution < -0.4 is 20.7 Å². The Hall–Kier alpha value is -3.31. The summed E-state index contributed by atoms with van der Waals surface area (Å²) >= 11 is 12.4. The van der Waals surface area contributed by atoms with Gasteiger partial charge < -0.3 is 20.1 Å². The van der Waals surface area contributed by atoms with Gasteiger partial charge in [-0.25, -0.2) is 14.4 Å². The van der Waals surface area contributed by atoms with Crippen LogP contribution in [0.1, 0.15) is 56.7 Å². The molecule has 2 aliphatic heterocycles. The first kappa shape index (κ1) is 31.1. The second kappa shape index (κ2) is 11.3. The van der Waals surface area contributed by atoms with Gasteiger partial charge in [-0.05, 0) is 59.7 Å². The van der Waals surface area contributed by atoms with Gasteiger partial charge in [0, 0.05) is 30.8 Å². The molecule has 4 unspecified atom stereocenters. The Morgan fingerprint density at radius 3 is 2.60 bits per heavy atom. The van der Waals surface area contributed by atoms with Gasteiger partial charge >= 0.3 is 0 Å². The second-order valence-corrected chi connectivity index (χ2v) is 13.1. The topological polar surface area (TPSA) is 114 Å². The van der Waals surface area contributed by atoms with E-state index in [0.717, 1.165) is 5.56 Å². The molecule has 43 heavy (non-hydrogen) atoms. The molecule has 0 aliphatic carbocycles. The van der Waals surface area contributed by atoms with Crippen LogP contribution >= 0.6 is 23.2 Å². The predicted octanol–water partition coefficient (Wildman–Crippen LogP) is 5.86. The van der Waals surface area contributed by atoms with Gasteiger partial charge in [0.05, 0.1) is 24.4 Å². The molecule has 2 amide bonds. The second-order valence-electron chi connectivity index (χ2n) is 12.4. The summed E-state index contributed by atoms with van der Waals surface area (Å²) in [6.45, 7) is 8.13. The van der Waals surface area contributed by atoms with Crippen molar-refractivity contribution >= 4 is 46.5 Å². The lowest BCUT2D eigenvalue weighted by Gasteiger charge is -2.38. The van der Waals surface area contributed by atoms with Crippen LogP contribution in [-0.2, 0) is 26.3 Å². The van der Waals surface area contributed by atoms with Crippen molar-refractivity contribution < 1.29 is 23.5 Å². The number of amides is 2. The summed E-state index contributed by atoms with van der Waals surface area (Å²) in [6, 6.07) is 9.24. The number of aromatic nitrogens is 2. The summed E-state index contributed by atoms with van der Waals surface area (Å²) in [5, 5.41) is 9.14. The van der Waals surface area contributed by atoms with Crippen LogP contribution in [0.3, 0.4) is 0 Å². The zero-order valence-electron chi connectivity index (χ0n) is 24.8. The van der Waals surface area contributed by atoms with Crippen LogP contribution in [0.4, 0.5) is 15.9 Å². The molecule has 1 spiro atoms. The van der Waals surface area contributed by atoms with Crippen molar-refractivity contribution in [2.45, 2.75) is 63.6 Å². The Labute approximate surface area is 259 Å². The molecule has 2 aliphatic rings. The lowest BCUT2D eigenvalue weighted by Crippen LogP contribution is -2.53. The maximum atomic E-state index is 16.1. The highest BCUT2D eigenvalue weighted by Gasteiger charge is 2.71. The van der Waals surface area contributed by atoms with Gasteiger partial charge in [0.1, 0.15) is 28.3 Å². The Morgan fingerprint density at radius 2 is 1.93 bits per heavy atom. The minimum absolute atomic E-state index is 0.0515. The summed E-state index contributed by atoms with van der Waals surface area (Å²) in [5.74, 6) is -2.11. The first-order valence-corrected chi connectivity index (χ1v) is 14.5.